The Morgan fingerprint density at radius 3 is 2.47 bits per heavy atom. The molecule has 2 aromatic rings. The molecule has 1 heterocycles. The second-order valence-electron chi connectivity index (χ2n) is 4.90. The lowest BCUT2D eigenvalue weighted by Gasteiger charge is -2.18. The van der Waals surface area contributed by atoms with Gasteiger partial charge in [-0.15, -0.1) is 0 Å². The monoisotopic (exact) mass is 259 g/mol. The molecule has 2 aromatic carbocycles. The van der Waals surface area contributed by atoms with Crippen LogP contribution in [0.25, 0.3) is 0 Å². The topological polar surface area (TPSA) is 12.0 Å². The van der Waals surface area contributed by atoms with Crippen LogP contribution in [0.5, 0.6) is 0 Å². The number of hydrogen-bond acceptors (Lipinski definition) is 1. The summed E-state index contributed by atoms with van der Waals surface area (Å²) in [5.41, 5.74) is 3.02. The molecule has 1 atom stereocenters. The van der Waals surface area contributed by atoms with Gasteiger partial charge in [-0.3, -0.25) is 0 Å². The Morgan fingerprint density at radius 2 is 1.68 bits per heavy atom. The Labute approximate surface area is 111 Å². The Kier molecular flexibility index (Phi) is 3.20. The minimum absolute atomic E-state index is 0.200. The molecule has 1 nitrogen and oxygen atoms in total. The van der Waals surface area contributed by atoms with Crippen molar-refractivity contribution < 1.29 is 8.78 Å². The van der Waals surface area contributed by atoms with E-state index in [0.717, 1.165) is 36.2 Å². The van der Waals surface area contributed by atoms with Gasteiger partial charge in [0.05, 0.1) is 0 Å². The first-order chi connectivity index (χ1) is 9.24. The molecule has 0 radical (unpaired) electrons. The SMILES string of the molecule is Fc1ccc([C@@H]2CCCNc3cc(F)ccc32)cc1. The van der Waals surface area contributed by atoms with Crippen LogP contribution in [0, 0.1) is 11.6 Å². The lowest BCUT2D eigenvalue weighted by Crippen LogP contribution is -2.02. The maximum absolute atomic E-state index is 13.3. The lowest BCUT2D eigenvalue weighted by atomic mass is 9.87. The van der Waals surface area contributed by atoms with Crippen LogP contribution in [0.3, 0.4) is 0 Å². The molecule has 0 unspecified atom stereocenters. The van der Waals surface area contributed by atoms with Gasteiger partial charge in [0, 0.05) is 18.2 Å². The number of anilines is 1. The average molecular weight is 259 g/mol. The van der Waals surface area contributed by atoms with Crippen molar-refractivity contribution in [1.82, 2.24) is 0 Å². The molecule has 19 heavy (non-hydrogen) atoms. The Hall–Kier alpha value is -1.90. The third-order valence-electron chi connectivity index (χ3n) is 3.65. The van der Waals surface area contributed by atoms with Crippen LogP contribution in [0.1, 0.15) is 29.9 Å². The van der Waals surface area contributed by atoms with Crippen molar-refractivity contribution in [2.24, 2.45) is 0 Å². The normalized spacial score (nSPS) is 18.3. The van der Waals surface area contributed by atoms with Gasteiger partial charge in [0.25, 0.3) is 0 Å². The van der Waals surface area contributed by atoms with Crippen molar-refractivity contribution in [3.05, 3.63) is 65.2 Å². The van der Waals surface area contributed by atoms with E-state index in [1.807, 2.05) is 18.2 Å². The van der Waals surface area contributed by atoms with Crippen LogP contribution in [0.15, 0.2) is 42.5 Å². The molecule has 0 fully saturated rings. The zero-order valence-electron chi connectivity index (χ0n) is 10.5. The van der Waals surface area contributed by atoms with Gasteiger partial charge >= 0.3 is 0 Å². The van der Waals surface area contributed by atoms with Crippen LogP contribution in [-0.4, -0.2) is 6.54 Å². The molecular weight excluding hydrogens is 244 g/mol. The van der Waals surface area contributed by atoms with E-state index in [0.29, 0.717) is 0 Å². The Bertz CT molecular complexity index is 578. The standard InChI is InChI=1S/C16H15F2N/c17-12-5-3-11(4-6-12)14-2-1-9-19-16-10-13(18)7-8-15(14)16/h3-8,10,14,19H,1-2,9H2/t14-/m0/s1. The highest BCUT2D eigenvalue weighted by molar-refractivity contribution is 5.56. The molecule has 0 amide bonds. The van der Waals surface area contributed by atoms with Crippen LogP contribution in [0.2, 0.25) is 0 Å². The van der Waals surface area contributed by atoms with E-state index in [9.17, 15) is 8.78 Å². The van der Waals surface area contributed by atoms with E-state index < -0.39 is 0 Å². The van der Waals surface area contributed by atoms with Gasteiger partial charge in [0.1, 0.15) is 11.6 Å². The van der Waals surface area contributed by atoms with Gasteiger partial charge in [-0.1, -0.05) is 18.2 Å². The fourth-order valence-corrected chi connectivity index (χ4v) is 2.71. The van der Waals surface area contributed by atoms with Crippen molar-refractivity contribution >= 4 is 5.69 Å². The van der Waals surface area contributed by atoms with Gasteiger partial charge in [-0.25, -0.2) is 8.78 Å². The summed E-state index contributed by atoms with van der Waals surface area (Å²) in [6.07, 6.45) is 2.00. The largest absolute Gasteiger partial charge is 0.385 e. The first kappa shape index (κ1) is 12.2. The molecule has 3 heteroatoms. The molecule has 0 saturated carbocycles. The zero-order chi connectivity index (χ0) is 13.2. The van der Waals surface area contributed by atoms with E-state index in [-0.39, 0.29) is 17.6 Å². The fraction of sp³-hybridized carbons (Fsp3) is 0.250. The molecule has 0 aliphatic carbocycles. The van der Waals surface area contributed by atoms with E-state index in [1.165, 1.54) is 24.3 Å². The number of halogens is 2. The van der Waals surface area contributed by atoms with Gasteiger partial charge in [0.15, 0.2) is 0 Å². The van der Waals surface area contributed by atoms with Crippen molar-refractivity contribution in [3.63, 3.8) is 0 Å². The Balaban J connectivity index is 2.04. The summed E-state index contributed by atoms with van der Waals surface area (Å²) in [4.78, 5) is 0. The summed E-state index contributed by atoms with van der Waals surface area (Å²) in [5, 5.41) is 3.26. The minimum Gasteiger partial charge on any atom is -0.385 e. The maximum Gasteiger partial charge on any atom is 0.125 e. The second-order valence-corrected chi connectivity index (χ2v) is 4.90. The lowest BCUT2D eigenvalue weighted by molar-refractivity contribution is 0.623. The summed E-state index contributed by atoms with van der Waals surface area (Å²) in [7, 11) is 0. The van der Waals surface area contributed by atoms with Crippen LogP contribution in [-0.2, 0) is 0 Å². The van der Waals surface area contributed by atoms with Crippen LogP contribution in [0.4, 0.5) is 14.5 Å². The van der Waals surface area contributed by atoms with Crippen molar-refractivity contribution in [2.75, 3.05) is 11.9 Å². The average Bonchev–Trinajstić information content (AvgIpc) is 2.61. The van der Waals surface area contributed by atoms with Gasteiger partial charge < -0.3 is 5.32 Å². The highest BCUT2D eigenvalue weighted by atomic mass is 19.1. The molecule has 0 saturated heterocycles. The van der Waals surface area contributed by atoms with Gasteiger partial charge in [-0.2, -0.15) is 0 Å². The summed E-state index contributed by atoms with van der Waals surface area (Å²) < 4.78 is 26.3. The fourth-order valence-electron chi connectivity index (χ4n) is 2.71. The smallest absolute Gasteiger partial charge is 0.125 e. The van der Waals surface area contributed by atoms with Crippen molar-refractivity contribution in [2.45, 2.75) is 18.8 Å². The molecule has 3 rings (SSSR count). The first-order valence-electron chi connectivity index (χ1n) is 6.53. The van der Waals surface area contributed by atoms with Crippen molar-refractivity contribution in [1.29, 1.82) is 0 Å². The maximum atomic E-state index is 13.3. The summed E-state index contributed by atoms with van der Waals surface area (Å²) in [6, 6.07) is 11.5. The predicted molar refractivity (Wildman–Crippen MR) is 72.4 cm³/mol. The van der Waals surface area contributed by atoms with Gasteiger partial charge in [0.2, 0.25) is 0 Å². The first-order valence-corrected chi connectivity index (χ1v) is 6.53. The molecular formula is C16H15F2N. The third-order valence-corrected chi connectivity index (χ3v) is 3.65. The molecule has 1 N–H and O–H groups in total. The number of nitrogens with one attached hydrogen (secondary N) is 1. The molecule has 1 aliphatic heterocycles. The Morgan fingerprint density at radius 1 is 0.947 bits per heavy atom. The number of fused-ring (bicyclic) bond motifs is 1. The van der Waals surface area contributed by atoms with Crippen molar-refractivity contribution in [3.8, 4) is 0 Å². The zero-order valence-corrected chi connectivity index (χ0v) is 10.5. The highest BCUT2D eigenvalue weighted by Gasteiger charge is 2.20. The summed E-state index contributed by atoms with van der Waals surface area (Å²) in [6.45, 7) is 0.841. The van der Waals surface area contributed by atoms with Crippen LogP contribution >= 0.6 is 0 Å². The molecule has 98 valence electrons. The minimum atomic E-state index is -0.231. The van der Waals surface area contributed by atoms with Crippen LogP contribution < -0.4 is 5.32 Å². The number of benzene rings is 2. The van der Waals surface area contributed by atoms with E-state index >= 15 is 0 Å². The molecule has 0 spiro atoms. The highest BCUT2D eigenvalue weighted by Crippen LogP contribution is 2.36. The number of rotatable bonds is 1. The summed E-state index contributed by atoms with van der Waals surface area (Å²) in [5.74, 6) is -0.257. The quantitative estimate of drug-likeness (QED) is 0.805. The molecule has 0 bridgehead atoms. The molecule has 0 aromatic heterocycles. The van der Waals surface area contributed by atoms with E-state index in [2.05, 4.69) is 5.32 Å². The second kappa shape index (κ2) is 5.00. The van der Waals surface area contributed by atoms with E-state index in [4.69, 9.17) is 0 Å². The predicted octanol–water partition coefficient (Wildman–Crippen LogP) is 4.30. The summed E-state index contributed by atoms with van der Waals surface area (Å²) >= 11 is 0. The number of hydrogen-bond donors (Lipinski definition) is 1. The van der Waals surface area contributed by atoms with E-state index in [1.54, 1.807) is 0 Å². The molecule has 1 aliphatic rings. The van der Waals surface area contributed by atoms with Gasteiger partial charge in [-0.05, 0) is 48.2 Å². The third kappa shape index (κ3) is 2.46.